The lowest BCUT2D eigenvalue weighted by atomic mass is 10.0. The molecule has 0 aliphatic carbocycles. The van der Waals surface area contributed by atoms with E-state index in [0.29, 0.717) is 6.42 Å². The Hall–Kier alpha value is -2.36. The second-order valence-electron chi connectivity index (χ2n) is 11.3. The zero-order chi connectivity index (χ0) is 30.8. The molecule has 1 atom stereocenters. The van der Waals surface area contributed by atoms with Crippen molar-refractivity contribution >= 4 is 11.9 Å². The van der Waals surface area contributed by atoms with E-state index in [2.05, 4.69) is 74.6 Å². The lowest BCUT2D eigenvalue weighted by Crippen LogP contribution is -2.18. The average molecular weight is 585 g/mol. The van der Waals surface area contributed by atoms with Crippen molar-refractivity contribution in [3.8, 4) is 0 Å². The molecule has 0 spiro atoms. The number of allylic oxidation sites excluding steroid dienone is 10. The number of carboxylic acid groups (broad SMARTS) is 1. The van der Waals surface area contributed by atoms with E-state index in [0.717, 1.165) is 96.3 Å². The second-order valence-corrected chi connectivity index (χ2v) is 11.3. The Morgan fingerprint density at radius 1 is 0.548 bits per heavy atom. The Morgan fingerprint density at radius 2 is 1.00 bits per heavy atom. The first-order valence-electron chi connectivity index (χ1n) is 17.3. The van der Waals surface area contributed by atoms with E-state index < -0.39 is 5.97 Å². The van der Waals surface area contributed by atoms with Gasteiger partial charge >= 0.3 is 11.9 Å². The first-order valence-corrected chi connectivity index (χ1v) is 17.3. The maximum absolute atomic E-state index is 12.5. The van der Waals surface area contributed by atoms with Gasteiger partial charge in [0, 0.05) is 12.8 Å². The van der Waals surface area contributed by atoms with Crippen LogP contribution in [0.5, 0.6) is 0 Å². The fraction of sp³-hybridized carbons (Fsp3) is 0.684. The van der Waals surface area contributed by atoms with Crippen LogP contribution in [0.4, 0.5) is 0 Å². The molecule has 0 fully saturated rings. The first kappa shape index (κ1) is 39.6. The zero-order valence-electron chi connectivity index (χ0n) is 27.3. The summed E-state index contributed by atoms with van der Waals surface area (Å²) in [7, 11) is 0. The van der Waals surface area contributed by atoms with Crippen LogP contribution in [0.2, 0.25) is 0 Å². The number of hydrogen-bond donors (Lipinski definition) is 1. The molecule has 0 rings (SSSR count). The van der Waals surface area contributed by atoms with E-state index in [4.69, 9.17) is 9.84 Å². The highest BCUT2D eigenvalue weighted by Gasteiger charge is 2.14. The first-order chi connectivity index (χ1) is 20.6. The largest absolute Gasteiger partial charge is 0.481 e. The Bertz CT molecular complexity index is 759. The standard InChI is InChI=1S/C38H64O4/c1-3-5-7-9-11-12-13-14-15-16-17-18-19-20-22-27-31-35-38(41)42-36(32-28-24-21-10-8-6-4-2)33-29-25-23-26-30-34-37(39)40/h5,7,11-12,14-15,17-18,20,22,36H,3-4,6,8-10,13,16,19,21,23-35H2,1-2H3,(H,39,40)/b7-5-,12-11-,15-14-,18-17-,22-20-. The van der Waals surface area contributed by atoms with Gasteiger partial charge in [-0.1, -0.05) is 132 Å². The van der Waals surface area contributed by atoms with Crippen LogP contribution in [-0.2, 0) is 14.3 Å². The van der Waals surface area contributed by atoms with E-state index in [1.807, 2.05) is 0 Å². The molecule has 0 aliphatic heterocycles. The van der Waals surface area contributed by atoms with Gasteiger partial charge in [0.15, 0.2) is 0 Å². The number of hydrogen-bond acceptors (Lipinski definition) is 3. The van der Waals surface area contributed by atoms with E-state index in [9.17, 15) is 9.59 Å². The molecular formula is C38H64O4. The molecule has 0 heterocycles. The van der Waals surface area contributed by atoms with Gasteiger partial charge in [0.25, 0.3) is 0 Å². The number of ether oxygens (including phenoxy) is 1. The molecule has 0 radical (unpaired) electrons. The van der Waals surface area contributed by atoms with Crippen LogP contribution in [0.25, 0.3) is 0 Å². The smallest absolute Gasteiger partial charge is 0.306 e. The molecule has 0 aromatic heterocycles. The second kappa shape index (κ2) is 33.1. The molecule has 0 aromatic carbocycles. The van der Waals surface area contributed by atoms with E-state index in [1.165, 1.54) is 38.5 Å². The van der Waals surface area contributed by atoms with Gasteiger partial charge in [0.2, 0.25) is 0 Å². The normalized spacial score (nSPS) is 13.0. The minimum absolute atomic E-state index is 0.0286. The summed E-state index contributed by atoms with van der Waals surface area (Å²) < 4.78 is 5.92. The Kier molecular flexibility index (Phi) is 31.3. The van der Waals surface area contributed by atoms with Crippen LogP contribution < -0.4 is 0 Å². The summed E-state index contributed by atoms with van der Waals surface area (Å²) in [6, 6.07) is 0. The van der Waals surface area contributed by atoms with Gasteiger partial charge in [-0.25, -0.2) is 0 Å². The molecule has 0 aliphatic rings. The average Bonchev–Trinajstić information content (AvgIpc) is 2.97. The zero-order valence-corrected chi connectivity index (χ0v) is 27.3. The van der Waals surface area contributed by atoms with Crippen LogP contribution in [-0.4, -0.2) is 23.1 Å². The maximum Gasteiger partial charge on any atom is 0.306 e. The summed E-state index contributed by atoms with van der Waals surface area (Å²) in [5, 5.41) is 8.77. The van der Waals surface area contributed by atoms with Crippen molar-refractivity contribution in [3.05, 3.63) is 60.8 Å². The molecule has 0 amide bonds. The third kappa shape index (κ3) is 32.2. The molecule has 42 heavy (non-hydrogen) atoms. The monoisotopic (exact) mass is 584 g/mol. The molecule has 240 valence electrons. The summed E-state index contributed by atoms with van der Waals surface area (Å²) in [5.41, 5.74) is 0. The van der Waals surface area contributed by atoms with E-state index >= 15 is 0 Å². The predicted octanol–water partition coefficient (Wildman–Crippen LogP) is 11.8. The molecule has 1 N–H and O–H groups in total. The van der Waals surface area contributed by atoms with Crippen molar-refractivity contribution in [1.82, 2.24) is 0 Å². The minimum atomic E-state index is -0.710. The van der Waals surface area contributed by atoms with Crippen molar-refractivity contribution in [3.63, 3.8) is 0 Å². The van der Waals surface area contributed by atoms with Gasteiger partial charge < -0.3 is 9.84 Å². The lowest BCUT2D eigenvalue weighted by Gasteiger charge is -2.18. The maximum atomic E-state index is 12.5. The SMILES string of the molecule is CC/C=C\C/C=C\C/C=C\C/C=C\C/C=C\CCCC(=O)OC(CCCCCCCCC)CCCCCCCC(=O)O. The molecule has 1 unspecified atom stereocenters. The summed E-state index contributed by atoms with van der Waals surface area (Å²) in [6.07, 6.45) is 45.2. The molecular weight excluding hydrogens is 520 g/mol. The molecule has 0 bridgehead atoms. The Labute approximate surface area is 259 Å². The van der Waals surface area contributed by atoms with Crippen LogP contribution in [0.15, 0.2) is 60.8 Å². The fourth-order valence-electron chi connectivity index (χ4n) is 4.75. The molecule has 4 nitrogen and oxygen atoms in total. The fourth-order valence-corrected chi connectivity index (χ4v) is 4.75. The van der Waals surface area contributed by atoms with Crippen molar-refractivity contribution in [2.24, 2.45) is 0 Å². The van der Waals surface area contributed by atoms with Crippen molar-refractivity contribution in [1.29, 1.82) is 0 Å². The van der Waals surface area contributed by atoms with Gasteiger partial charge in [-0.05, 0) is 77.0 Å². The quantitative estimate of drug-likeness (QED) is 0.0518. The van der Waals surface area contributed by atoms with E-state index in [-0.39, 0.29) is 18.5 Å². The van der Waals surface area contributed by atoms with Crippen molar-refractivity contribution in [2.75, 3.05) is 0 Å². The third-order valence-corrected chi connectivity index (χ3v) is 7.25. The summed E-state index contributed by atoms with van der Waals surface area (Å²) >= 11 is 0. The number of rotatable bonds is 30. The highest BCUT2D eigenvalue weighted by Crippen LogP contribution is 2.18. The Morgan fingerprint density at radius 3 is 1.50 bits per heavy atom. The third-order valence-electron chi connectivity index (χ3n) is 7.25. The van der Waals surface area contributed by atoms with Crippen LogP contribution in [0, 0.1) is 0 Å². The van der Waals surface area contributed by atoms with Gasteiger partial charge in [0.05, 0.1) is 0 Å². The molecule has 0 saturated carbocycles. The number of carbonyl (C=O) groups is 2. The van der Waals surface area contributed by atoms with Crippen LogP contribution in [0.3, 0.4) is 0 Å². The predicted molar refractivity (Wildman–Crippen MR) is 181 cm³/mol. The summed E-state index contributed by atoms with van der Waals surface area (Å²) in [5.74, 6) is -0.769. The van der Waals surface area contributed by atoms with Gasteiger partial charge in [-0.3, -0.25) is 9.59 Å². The number of aliphatic carboxylic acids is 1. The summed E-state index contributed by atoms with van der Waals surface area (Å²) in [6.45, 7) is 4.40. The highest BCUT2D eigenvalue weighted by atomic mass is 16.5. The number of unbranched alkanes of at least 4 members (excludes halogenated alkanes) is 11. The lowest BCUT2D eigenvalue weighted by molar-refractivity contribution is -0.150. The molecule has 0 saturated heterocycles. The summed E-state index contributed by atoms with van der Waals surface area (Å²) in [4.78, 5) is 23.2. The van der Waals surface area contributed by atoms with Gasteiger partial charge in [-0.2, -0.15) is 0 Å². The minimum Gasteiger partial charge on any atom is -0.481 e. The van der Waals surface area contributed by atoms with Crippen molar-refractivity contribution < 1.29 is 19.4 Å². The molecule has 0 aromatic rings. The topological polar surface area (TPSA) is 63.6 Å². The number of carboxylic acids is 1. The van der Waals surface area contributed by atoms with Gasteiger partial charge in [0.1, 0.15) is 6.10 Å². The number of carbonyl (C=O) groups excluding carboxylic acids is 1. The van der Waals surface area contributed by atoms with Crippen LogP contribution >= 0.6 is 0 Å². The highest BCUT2D eigenvalue weighted by molar-refractivity contribution is 5.69. The molecule has 4 heteroatoms. The van der Waals surface area contributed by atoms with Gasteiger partial charge in [-0.15, -0.1) is 0 Å². The van der Waals surface area contributed by atoms with E-state index in [1.54, 1.807) is 0 Å². The number of esters is 1. The van der Waals surface area contributed by atoms with Crippen molar-refractivity contribution in [2.45, 2.75) is 168 Å². The van der Waals surface area contributed by atoms with Crippen LogP contribution in [0.1, 0.15) is 162 Å². The Balaban J connectivity index is 4.12.